The summed E-state index contributed by atoms with van der Waals surface area (Å²) >= 11 is 0. The summed E-state index contributed by atoms with van der Waals surface area (Å²) in [5.74, 6) is -4.77. The second-order valence-corrected chi connectivity index (χ2v) is 10.6. The van der Waals surface area contributed by atoms with Gasteiger partial charge < -0.3 is 4.74 Å². The molecular weight excluding hydrogens is 478 g/mol. The summed E-state index contributed by atoms with van der Waals surface area (Å²) in [6.45, 7) is 2.24. The lowest BCUT2D eigenvalue weighted by atomic mass is 9.68. The molecule has 198 valence electrons. The lowest BCUT2D eigenvalue weighted by molar-refractivity contribution is -0.187. The van der Waals surface area contributed by atoms with E-state index in [1.165, 1.54) is 51.0 Å². The first-order valence-electron chi connectivity index (χ1n) is 13.2. The predicted octanol–water partition coefficient (Wildman–Crippen LogP) is 9.64. The number of hydrogen-bond acceptors (Lipinski definition) is 1. The number of hydrogen-bond donors (Lipinski definition) is 0. The lowest BCUT2D eigenvalue weighted by Gasteiger charge is -2.38. The molecule has 1 nitrogen and oxygen atoms in total. The highest BCUT2D eigenvalue weighted by Gasteiger charge is 2.39. The molecule has 4 rings (SSSR count). The normalized spacial score (nSPS) is 25.1. The van der Waals surface area contributed by atoms with Crippen LogP contribution in [0.15, 0.2) is 30.3 Å². The zero-order chi connectivity index (χ0) is 25.9. The van der Waals surface area contributed by atoms with Crippen LogP contribution in [0.3, 0.4) is 0 Å². The van der Waals surface area contributed by atoms with Gasteiger partial charge in [-0.25, -0.2) is 17.6 Å². The number of rotatable bonds is 8. The van der Waals surface area contributed by atoms with Crippen LogP contribution in [0.25, 0.3) is 0 Å². The van der Waals surface area contributed by atoms with E-state index in [-0.39, 0.29) is 5.92 Å². The molecule has 7 heteroatoms. The fraction of sp³-hybridized carbons (Fsp3) is 0.586. The van der Waals surface area contributed by atoms with Gasteiger partial charge in [0, 0.05) is 12.1 Å². The van der Waals surface area contributed by atoms with Crippen molar-refractivity contribution in [3.63, 3.8) is 0 Å². The van der Waals surface area contributed by atoms with Crippen LogP contribution in [0.5, 0.6) is 5.75 Å². The molecule has 2 aliphatic rings. The Morgan fingerprint density at radius 1 is 0.778 bits per heavy atom. The first-order chi connectivity index (χ1) is 17.2. The van der Waals surface area contributed by atoms with Gasteiger partial charge in [0.15, 0.2) is 17.5 Å². The van der Waals surface area contributed by atoms with E-state index < -0.39 is 40.7 Å². The van der Waals surface area contributed by atoms with Crippen LogP contribution >= 0.6 is 0 Å². The average Bonchev–Trinajstić information content (AvgIpc) is 2.86. The smallest absolute Gasteiger partial charge is 0.429 e. The molecular formula is C29H34F6O. The third kappa shape index (κ3) is 6.20. The van der Waals surface area contributed by atoms with E-state index in [0.717, 1.165) is 49.7 Å². The van der Waals surface area contributed by atoms with Crippen LogP contribution in [0.4, 0.5) is 26.3 Å². The minimum absolute atomic E-state index is 0.112. The van der Waals surface area contributed by atoms with Crippen molar-refractivity contribution < 1.29 is 31.1 Å². The Morgan fingerprint density at radius 3 is 1.92 bits per heavy atom. The standard InChI is InChI=1S/C29H34F6O/c1-2-3-4-18-5-7-19(8-6-18)20-9-11-21(12-10-20)22-13-14-24(25(30)15-22)29(34,35)36-23-16-26(31)28(33)27(32)17-23/h13-21H,2-12H2,1H3/t18-,19-,20-,21-. The molecule has 0 saturated heterocycles. The summed E-state index contributed by atoms with van der Waals surface area (Å²) in [5.41, 5.74) is -0.363. The number of halogens is 6. The topological polar surface area (TPSA) is 9.23 Å². The van der Waals surface area contributed by atoms with E-state index in [2.05, 4.69) is 11.7 Å². The number of unbranched alkanes of at least 4 members (excludes halogenated alkanes) is 1. The van der Waals surface area contributed by atoms with Crippen molar-refractivity contribution in [2.75, 3.05) is 0 Å². The Balaban J connectivity index is 1.34. The molecule has 0 atom stereocenters. The molecule has 0 unspecified atom stereocenters. The largest absolute Gasteiger partial charge is 0.429 e. The van der Waals surface area contributed by atoms with Gasteiger partial charge in [-0.2, -0.15) is 8.78 Å². The molecule has 0 aliphatic heterocycles. The molecule has 2 aromatic rings. The van der Waals surface area contributed by atoms with Crippen molar-refractivity contribution in [3.05, 3.63) is 64.7 Å². The molecule has 0 heterocycles. The minimum Gasteiger partial charge on any atom is -0.429 e. The van der Waals surface area contributed by atoms with Gasteiger partial charge in [0.1, 0.15) is 11.6 Å². The van der Waals surface area contributed by atoms with Gasteiger partial charge in [-0.05, 0) is 79.9 Å². The van der Waals surface area contributed by atoms with Crippen LogP contribution in [-0.4, -0.2) is 0 Å². The molecule has 2 fully saturated rings. The molecule has 2 aromatic carbocycles. The van der Waals surface area contributed by atoms with E-state index in [1.54, 1.807) is 0 Å². The van der Waals surface area contributed by atoms with Crippen molar-refractivity contribution >= 4 is 0 Å². The number of alkyl halides is 2. The van der Waals surface area contributed by atoms with Crippen molar-refractivity contribution in [2.24, 2.45) is 17.8 Å². The summed E-state index contributed by atoms with van der Waals surface area (Å²) in [6, 6.07) is 4.15. The molecule has 0 spiro atoms. The summed E-state index contributed by atoms with van der Waals surface area (Å²) in [6.07, 6.45) is 8.91. The van der Waals surface area contributed by atoms with Gasteiger partial charge in [0.25, 0.3) is 0 Å². The summed E-state index contributed by atoms with van der Waals surface area (Å²) in [4.78, 5) is 0. The molecule has 0 amide bonds. The second-order valence-electron chi connectivity index (χ2n) is 10.6. The van der Waals surface area contributed by atoms with Gasteiger partial charge in [-0.3, -0.25) is 0 Å². The maximum Gasteiger partial charge on any atom is 0.429 e. The van der Waals surface area contributed by atoms with E-state index in [0.29, 0.717) is 23.6 Å². The van der Waals surface area contributed by atoms with Crippen molar-refractivity contribution in [1.29, 1.82) is 0 Å². The Labute approximate surface area is 209 Å². The fourth-order valence-corrected chi connectivity index (χ4v) is 6.18. The first kappa shape index (κ1) is 26.9. The van der Waals surface area contributed by atoms with Gasteiger partial charge >= 0.3 is 6.11 Å². The monoisotopic (exact) mass is 512 g/mol. The quantitative estimate of drug-likeness (QED) is 0.253. The van der Waals surface area contributed by atoms with Crippen LogP contribution in [0.1, 0.15) is 94.6 Å². The molecule has 0 bridgehead atoms. The number of benzene rings is 2. The molecule has 0 radical (unpaired) electrons. The van der Waals surface area contributed by atoms with Crippen LogP contribution in [0, 0.1) is 41.0 Å². The van der Waals surface area contributed by atoms with Gasteiger partial charge in [0.05, 0.1) is 5.56 Å². The fourth-order valence-electron chi connectivity index (χ4n) is 6.18. The summed E-state index contributed by atoms with van der Waals surface area (Å²) < 4.78 is 88.1. The summed E-state index contributed by atoms with van der Waals surface area (Å²) in [5, 5.41) is 0. The maximum atomic E-state index is 14.8. The molecule has 36 heavy (non-hydrogen) atoms. The van der Waals surface area contributed by atoms with Crippen LogP contribution in [0.2, 0.25) is 0 Å². The Bertz CT molecular complexity index is 999. The van der Waals surface area contributed by atoms with Gasteiger partial charge in [-0.15, -0.1) is 0 Å². The second kappa shape index (κ2) is 11.5. The highest BCUT2D eigenvalue weighted by Crippen LogP contribution is 2.45. The third-order valence-electron chi connectivity index (χ3n) is 8.28. The zero-order valence-corrected chi connectivity index (χ0v) is 20.7. The van der Waals surface area contributed by atoms with Crippen LogP contribution < -0.4 is 4.74 Å². The van der Waals surface area contributed by atoms with Gasteiger partial charge in [-0.1, -0.05) is 45.1 Å². The number of ether oxygens (including phenoxy) is 1. The average molecular weight is 513 g/mol. The Morgan fingerprint density at radius 2 is 1.36 bits per heavy atom. The highest BCUT2D eigenvalue weighted by molar-refractivity contribution is 5.31. The zero-order valence-electron chi connectivity index (χ0n) is 20.7. The maximum absolute atomic E-state index is 14.8. The van der Waals surface area contributed by atoms with Crippen molar-refractivity contribution in [3.8, 4) is 5.75 Å². The highest BCUT2D eigenvalue weighted by atomic mass is 19.3. The summed E-state index contributed by atoms with van der Waals surface area (Å²) in [7, 11) is 0. The Hall–Kier alpha value is -2.18. The minimum atomic E-state index is -4.19. The molecule has 0 aromatic heterocycles. The molecule has 0 N–H and O–H groups in total. The lowest BCUT2D eigenvalue weighted by Crippen LogP contribution is -2.26. The van der Waals surface area contributed by atoms with E-state index in [4.69, 9.17) is 0 Å². The Kier molecular flexibility index (Phi) is 8.56. The van der Waals surface area contributed by atoms with Crippen molar-refractivity contribution in [1.82, 2.24) is 0 Å². The first-order valence-corrected chi connectivity index (χ1v) is 13.2. The molecule has 2 aliphatic carbocycles. The van der Waals surface area contributed by atoms with Crippen LogP contribution in [-0.2, 0) is 6.11 Å². The molecule has 2 saturated carbocycles. The van der Waals surface area contributed by atoms with E-state index in [1.807, 2.05) is 0 Å². The third-order valence-corrected chi connectivity index (χ3v) is 8.28. The van der Waals surface area contributed by atoms with Crippen molar-refractivity contribution in [2.45, 2.75) is 89.6 Å². The predicted molar refractivity (Wildman–Crippen MR) is 127 cm³/mol. The van der Waals surface area contributed by atoms with E-state index >= 15 is 0 Å². The van der Waals surface area contributed by atoms with E-state index in [9.17, 15) is 26.3 Å². The SMILES string of the molecule is CCCC[C@H]1CC[C@H]([C@H]2CC[C@H](c3ccc(C(F)(F)Oc4cc(F)c(F)c(F)c4)c(F)c3)CC2)CC1. The van der Waals surface area contributed by atoms with Gasteiger partial charge in [0.2, 0.25) is 0 Å².